The van der Waals surface area contributed by atoms with Crippen molar-refractivity contribution in [2.75, 3.05) is 19.1 Å². The molecule has 0 spiro atoms. The van der Waals surface area contributed by atoms with E-state index >= 15 is 0 Å². The van der Waals surface area contributed by atoms with E-state index in [2.05, 4.69) is 6.92 Å². The van der Waals surface area contributed by atoms with Crippen LogP contribution in [-0.4, -0.2) is 19.1 Å². The topological polar surface area (TPSA) is 9.23 Å². The fourth-order valence-corrected chi connectivity index (χ4v) is 1.69. The molecule has 0 aromatic rings. The van der Waals surface area contributed by atoms with Gasteiger partial charge in [0.05, 0.1) is 0 Å². The third kappa shape index (κ3) is 12.2. The average molecular weight is 221 g/mol. The summed E-state index contributed by atoms with van der Waals surface area (Å²) < 4.78 is 5.28. The molecule has 0 aromatic carbocycles. The Labute approximate surface area is 94.2 Å². The molecule has 0 bridgehead atoms. The van der Waals surface area contributed by atoms with E-state index in [-0.39, 0.29) is 0 Å². The van der Waals surface area contributed by atoms with Gasteiger partial charge in [-0.3, -0.25) is 0 Å². The molecule has 0 heterocycles. The van der Waals surface area contributed by atoms with Crippen molar-refractivity contribution >= 4 is 11.6 Å². The Hall–Kier alpha value is 0.250. The van der Waals surface area contributed by atoms with Crippen molar-refractivity contribution in [2.24, 2.45) is 0 Å². The fraction of sp³-hybridized carbons (Fsp3) is 1.00. The summed E-state index contributed by atoms with van der Waals surface area (Å²) in [6, 6.07) is 0. The van der Waals surface area contributed by atoms with E-state index in [0.717, 1.165) is 19.1 Å². The van der Waals surface area contributed by atoms with Crippen LogP contribution in [0.2, 0.25) is 0 Å². The van der Waals surface area contributed by atoms with Crippen LogP contribution < -0.4 is 0 Å². The second-order valence-corrected chi connectivity index (χ2v) is 4.09. The van der Waals surface area contributed by atoms with Gasteiger partial charge in [-0.1, -0.05) is 38.5 Å². The van der Waals surface area contributed by atoms with Gasteiger partial charge in [-0.25, -0.2) is 0 Å². The van der Waals surface area contributed by atoms with Crippen LogP contribution in [0.1, 0.15) is 58.3 Å². The van der Waals surface area contributed by atoms with E-state index in [1.807, 2.05) is 0 Å². The van der Waals surface area contributed by atoms with Crippen molar-refractivity contribution in [3.05, 3.63) is 0 Å². The van der Waals surface area contributed by atoms with E-state index in [9.17, 15) is 0 Å². The van der Waals surface area contributed by atoms with Crippen molar-refractivity contribution in [1.29, 1.82) is 0 Å². The largest absolute Gasteiger partial charge is 0.382 e. The molecule has 0 amide bonds. The van der Waals surface area contributed by atoms with Gasteiger partial charge >= 0.3 is 0 Å². The van der Waals surface area contributed by atoms with E-state index in [1.165, 1.54) is 51.4 Å². The van der Waals surface area contributed by atoms with Crippen molar-refractivity contribution in [3.8, 4) is 0 Å². The van der Waals surface area contributed by atoms with Crippen molar-refractivity contribution in [3.63, 3.8) is 0 Å². The lowest BCUT2D eigenvalue weighted by Crippen LogP contribution is -1.92. The Kier molecular flexibility index (Phi) is 13.5. The van der Waals surface area contributed by atoms with E-state index < -0.39 is 0 Å². The van der Waals surface area contributed by atoms with Gasteiger partial charge < -0.3 is 4.74 Å². The van der Waals surface area contributed by atoms with Crippen molar-refractivity contribution in [2.45, 2.75) is 58.3 Å². The molecule has 86 valence electrons. The van der Waals surface area contributed by atoms with Crippen molar-refractivity contribution < 1.29 is 4.74 Å². The van der Waals surface area contributed by atoms with Crippen LogP contribution in [0.5, 0.6) is 0 Å². The molecule has 0 aliphatic carbocycles. The van der Waals surface area contributed by atoms with Crippen LogP contribution >= 0.6 is 11.6 Å². The predicted octanol–water partition coefficient (Wildman–Crippen LogP) is 4.38. The molecule has 2 heteroatoms. The van der Waals surface area contributed by atoms with Gasteiger partial charge in [0, 0.05) is 19.1 Å². The smallest absolute Gasteiger partial charge is 0.0465 e. The summed E-state index contributed by atoms with van der Waals surface area (Å²) in [4.78, 5) is 0. The Morgan fingerprint density at radius 2 is 1.29 bits per heavy atom. The van der Waals surface area contributed by atoms with Gasteiger partial charge in [-0.05, 0) is 19.8 Å². The zero-order valence-corrected chi connectivity index (χ0v) is 10.3. The molecule has 0 unspecified atom stereocenters. The Morgan fingerprint density at radius 3 is 1.79 bits per heavy atom. The third-order valence-electron chi connectivity index (χ3n) is 2.38. The first-order valence-corrected chi connectivity index (χ1v) is 6.59. The van der Waals surface area contributed by atoms with E-state index in [4.69, 9.17) is 16.3 Å². The molecule has 0 aliphatic heterocycles. The number of halogens is 1. The highest BCUT2D eigenvalue weighted by Crippen LogP contribution is 2.08. The van der Waals surface area contributed by atoms with Gasteiger partial charge in [0.2, 0.25) is 0 Å². The normalized spacial score (nSPS) is 10.7. The molecule has 0 fully saturated rings. The van der Waals surface area contributed by atoms with Crippen LogP contribution in [0, 0.1) is 0 Å². The quantitative estimate of drug-likeness (QED) is 0.371. The van der Waals surface area contributed by atoms with Gasteiger partial charge in [0.1, 0.15) is 0 Å². The van der Waals surface area contributed by atoms with Gasteiger partial charge in [0.25, 0.3) is 0 Å². The molecule has 0 aliphatic rings. The van der Waals surface area contributed by atoms with Gasteiger partial charge in [-0.15, -0.1) is 11.6 Å². The zero-order valence-electron chi connectivity index (χ0n) is 9.56. The number of ether oxygens (including phenoxy) is 1. The maximum Gasteiger partial charge on any atom is 0.0465 e. The predicted molar refractivity (Wildman–Crippen MR) is 64.1 cm³/mol. The summed E-state index contributed by atoms with van der Waals surface area (Å²) in [6.45, 7) is 3.86. The minimum Gasteiger partial charge on any atom is -0.382 e. The Balaban J connectivity index is 2.78. The number of hydrogen-bond acceptors (Lipinski definition) is 1. The van der Waals surface area contributed by atoms with Crippen LogP contribution in [0.25, 0.3) is 0 Å². The number of rotatable bonds is 11. The van der Waals surface area contributed by atoms with Crippen LogP contribution in [0.3, 0.4) is 0 Å². The minimum absolute atomic E-state index is 0.828. The minimum atomic E-state index is 0.828. The Bertz CT molecular complexity index is 84.3. The highest BCUT2D eigenvalue weighted by atomic mass is 35.5. The average Bonchev–Trinajstić information content (AvgIpc) is 2.21. The summed E-state index contributed by atoms with van der Waals surface area (Å²) in [5, 5.41) is 0. The summed E-state index contributed by atoms with van der Waals surface area (Å²) in [5.41, 5.74) is 0. The molecule has 1 nitrogen and oxygen atoms in total. The van der Waals surface area contributed by atoms with E-state index in [1.54, 1.807) is 0 Å². The lowest BCUT2D eigenvalue weighted by Gasteiger charge is -2.02. The highest BCUT2D eigenvalue weighted by Gasteiger charge is 1.91. The monoisotopic (exact) mass is 220 g/mol. The number of unbranched alkanes of at least 4 members (excludes halogenated alkanes) is 7. The summed E-state index contributed by atoms with van der Waals surface area (Å²) >= 11 is 5.60. The fourth-order valence-electron chi connectivity index (χ4n) is 1.50. The van der Waals surface area contributed by atoms with Crippen molar-refractivity contribution in [1.82, 2.24) is 0 Å². The number of hydrogen-bond donors (Lipinski definition) is 0. The lowest BCUT2D eigenvalue weighted by molar-refractivity contribution is 0.143. The Morgan fingerprint density at radius 1 is 0.786 bits per heavy atom. The summed E-state index contributed by atoms with van der Waals surface area (Å²) in [7, 11) is 0. The second-order valence-electron chi connectivity index (χ2n) is 3.71. The maximum absolute atomic E-state index is 5.60. The molecule has 0 atom stereocenters. The molecule has 0 saturated carbocycles. The first-order chi connectivity index (χ1) is 6.91. The standard InChI is InChI=1S/C12H25ClO/c1-2-14-12-10-8-6-4-3-5-7-9-11-13/h2-12H2,1H3. The lowest BCUT2D eigenvalue weighted by atomic mass is 10.1. The molecule has 0 N–H and O–H groups in total. The van der Waals surface area contributed by atoms with Crippen LogP contribution in [0.15, 0.2) is 0 Å². The maximum atomic E-state index is 5.60. The zero-order chi connectivity index (χ0) is 10.5. The highest BCUT2D eigenvalue weighted by molar-refractivity contribution is 6.17. The summed E-state index contributed by atoms with van der Waals surface area (Å²) in [5.74, 6) is 0.828. The molecule has 14 heavy (non-hydrogen) atoms. The summed E-state index contributed by atoms with van der Waals surface area (Å²) in [6.07, 6.45) is 10.5. The molecule has 0 rings (SSSR count). The van der Waals surface area contributed by atoms with Crippen LogP contribution in [0.4, 0.5) is 0 Å². The molecule has 0 saturated heterocycles. The molecule has 0 radical (unpaired) electrons. The third-order valence-corrected chi connectivity index (χ3v) is 2.64. The molecular formula is C12H25ClO. The second kappa shape index (κ2) is 13.2. The first kappa shape index (κ1) is 14.2. The van der Waals surface area contributed by atoms with Gasteiger partial charge in [0.15, 0.2) is 0 Å². The molecule has 0 aromatic heterocycles. The van der Waals surface area contributed by atoms with Crippen LogP contribution in [-0.2, 0) is 4.74 Å². The molecular weight excluding hydrogens is 196 g/mol. The SMILES string of the molecule is CCOCCCCCCCCCCCl. The number of alkyl halides is 1. The van der Waals surface area contributed by atoms with Gasteiger partial charge in [-0.2, -0.15) is 0 Å². The van der Waals surface area contributed by atoms with E-state index in [0.29, 0.717) is 0 Å². The first-order valence-electron chi connectivity index (χ1n) is 6.05.